The number of carbonyl (C=O) groups is 7. The van der Waals surface area contributed by atoms with E-state index < -0.39 is 96.8 Å². The van der Waals surface area contributed by atoms with Crippen molar-refractivity contribution in [2.45, 2.75) is 117 Å². The summed E-state index contributed by atoms with van der Waals surface area (Å²) in [5.74, 6) is -5.47. The Hall–Kier alpha value is -4.97. The molecule has 2 rings (SSSR count). The molecule has 1 aliphatic heterocycles. The van der Waals surface area contributed by atoms with Crippen LogP contribution in [0.5, 0.6) is 5.75 Å². The number of anilines is 1. The van der Waals surface area contributed by atoms with Gasteiger partial charge >= 0.3 is 30.0 Å². The van der Waals surface area contributed by atoms with E-state index in [2.05, 4.69) is 16.0 Å². The molecule has 1 aromatic rings. The van der Waals surface area contributed by atoms with E-state index in [4.69, 9.17) is 33.2 Å². The van der Waals surface area contributed by atoms with Crippen molar-refractivity contribution in [1.82, 2.24) is 10.6 Å². The number of methoxy groups -OCH3 is 1. The van der Waals surface area contributed by atoms with Gasteiger partial charge < -0.3 is 54.2 Å². The average molecular weight is 726 g/mol. The number of aliphatic hydroxyl groups excluding tert-OH is 1. The third-order valence-corrected chi connectivity index (χ3v) is 6.88. The van der Waals surface area contributed by atoms with Crippen molar-refractivity contribution in [3.8, 4) is 5.75 Å². The van der Waals surface area contributed by atoms with Gasteiger partial charge in [-0.05, 0) is 51.3 Å². The molecule has 18 heteroatoms. The lowest BCUT2D eigenvalue weighted by Gasteiger charge is -2.43. The highest BCUT2D eigenvalue weighted by atomic mass is 16.7. The van der Waals surface area contributed by atoms with Gasteiger partial charge in [0.15, 0.2) is 18.3 Å². The fraction of sp³-hybridized carbons (Fsp3) is 0.606. The van der Waals surface area contributed by atoms with Gasteiger partial charge in [0.25, 0.3) is 0 Å². The van der Waals surface area contributed by atoms with Crippen molar-refractivity contribution < 1.29 is 71.8 Å². The van der Waals surface area contributed by atoms with E-state index in [0.717, 1.165) is 27.9 Å². The second-order valence-corrected chi connectivity index (χ2v) is 12.9. The van der Waals surface area contributed by atoms with Crippen LogP contribution in [0.4, 0.5) is 10.5 Å². The minimum absolute atomic E-state index is 0.0774. The van der Waals surface area contributed by atoms with Gasteiger partial charge in [0.05, 0.1) is 13.7 Å². The molecule has 1 aromatic carbocycles. The number of amides is 3. The molecule has 1 aliphatic rings. The Morgan fingerprint density at radius 3 is 1.90 bits per heavy atom. The third-order valence-electron chi connectivity index (χ3n) is 6.88. The van der Waals surface area contributed by atoms with E-state index in [0.29, 0.717) is 0 Å². The minimum atomic E-state index is -1.72. The van der Waals surface area contributed by atoms with Gasteiger partial charge in [0, 0.05) is 32.5 Å². The first-order valence-corrected chi connectivity index (χ1v) is 15.9. The number of esters is 4. The number of rotatable bonds is 13. The first kappa shape index (κ1) is 42.2. The summed E-state index contributed by atoms with van der Waals surface area (Å²) in [5.41, 5.74) is -0.501. The van der Waals surface area contributed by atoms with Crippen LogP contribution in [0.15, 0.2) is 18.2 Å². The summed E-state index contributed by atoms with van der Waals surface area (Å²) in [6, 6.07) is 1.89. The second kappa shape index (κ2) is 18.3. The highest BCUT2D eigenvalue weighted by Gasteiger charge is 2.56. The van der Waals surface area contributed by atoms with Crippen LogP contribution in [-0.4, -0.2) is 102 Å². The maximum Gasteiger partial charge on any atom is 0.408 e. The van der Waals surface area contributed by atoms with E-state index >= 15 is 0 Å². The number of hydrogen-bond donors (Lipinski definition) is 4. The summed E-state index contributed by atoms with van der Waals surface area (Å²) in [6.45, 7) is 12.4. The van der Waals surface area contributed by atoms with E-state index in [9.17, 15) is 38.7 Å². The number of ether oxygens (including phenoxy) is 7. The van der Waals surface area contributed by atoms with Crippen LogP contribution in [0.1, 0.15) is 67.9 Å². The van der Waals surface area contributed by atoms with Crippen molar-refractivity contribution in [2.75, 3.05) is 12.4 Å². The number of carbonyl (C=O) groups excluding carboxylic acids is 7. The van der Waals surface area contributed by atoms with Crippen LogP contribution in [0.2, 0.25) is 0 Å². The van der Waals surface area contributed by atoms with Gasteiger partial charge in [-0.1, -0.05) is 13.8 Å². The predicted octanol–water partition coefficient (Wildman–Crippen LogP) is 1.24. The summed E-state index contributed by atoms with van der Waals surface area (Å²) in [6.07, 6.45) is -9.06. The first-order chi connectivity index (χ1) is 23.6. The highest BCUT2D eigenvalue weighted by molar-refractivity contribution is 5.98. The van der Waals surface area contributed by atoms with Crippen LogP contribution in [-0.2, 0) is 63.8 Å². The summed E-state index contributed by atoms with van der Waals surface area (Å²) < 4.78 is 37.7. The molecule has 3 amide bonds. The summed E-state index contributed by atoms with van der Waals surface area (Å²) in [7, 11) is 1.04. The maximum atomic E-state index is 13.2. The van der Waals surface area contributed by atoms with Crippen molar-refractivity contribution in [2.24, 2.45) is 5.92 Å². The van der Waals surface area contributed by atoms with Gasteiger partial charge in [-0.2, -0.15) is 0 Å². The number of hydrogen-bond acceptors (Lipinski definition) is 15. The Morgan fingerprint density at radius 1 is 0.824 bits per heavy atom. The zero-order valence-electron chi connectivity index (χ0n) is 30.2. The lowest BCUT2D eigenvalue weighted by molar-refractivity contribution is -0.282. The van der Waals surface area contributed by atoms with Gasteiger partial charge in [-0.15, -0.1) is 0 Å². The van der Waals surface area contributed by atoms with Crippen molar-refractivity contribution in [3.63, 3.8) is 0 Å². The van der Waals surface area contributed by atoms with Crippen LogP contribution in [0, 0.1) is 5.92 Å². The van der Waals surface area contributed by atoms with E-state index in [1.54, 1.807) is 34.6 Å². The van der Waals surface area contributed by atoms with Gasteiger partial charge in [0.2, 0.25) is 24.2 Å². The molecule has 1 unspecified atom stereocenters. The van der Waals surface area contributed by atoms with Gasteiger partial charge in [-0.3, -0.25) is 24.0 Å². The third kappa shape index (κ3) is 13.0. The number of alkyl carbamates (subject to hydrolysis) is 1. The van der Waals surface area contributed by atoms with Crippen molar-refractivity contribution in [3.05, 3.63) is 23.8 Å². The smallest absolute Gasteiger partial charge is 0.408 e. The Balaban J connectivity index is 2.37. The molecule has 0 bridgehead atoms. The summed E-state index contributed by atoms with van der Waals surface area (Å²) in [5, 5.41) is 17.6. The number of aliphatic hydroxyl groups is 1. The van der Waals surface area contributed by atoms with Gasteiger partial charge in [-0.25, -0.2) is 9.59 Å². The monoisotopic (exact) mass is 725 g/mol. The fourth-order valence-electron chi connectivity index (χ4n) is 4.79. The topological polar surface area (TPSA) is 240 Å². The SMILES string of the molecule is COC(=O)[C@H]1O[C@@H](Oc2cc(CO)cc(NC(=O)[C@H](C)NC(=O)[C@@H](NC(=O)OC(C)(C)C)C(C)C)c2)[C@H](OC(C)=O)[C@@H](OC(C)=O)C1OC(C)=O. The van der Waals surface area contributed by atoms with E-state index in [1.807, 2.05) is 0 Å². The Labute approximate surface area is 295 Å². The standard InChI is InChI=1S/C33H47N3O15/c1-15(2)23(36-32(44)51-33(7,8)9)29(42)34-16(3)28(41)35-21-11-20(14-37)12-22(13-21)49-31-27(48-19(6)40)25(47-18(5)39)24(46-17(4)38)26(50-31)30(43)45-10/h11-13,15-16,23-27,31,37H,14H2,1-10H3,(H,34,42)(H,35,41)(H,36,44)/t16-,23-,24?,25-,26-,27+,31+/m0/s1. The highest BCUT2D eigenvalue weighted by Crippen LogP contribution is 2.32. The molecule has 1 fully saturated rings. The normalized spacial score (nSPS) is 21.2. The number of nitrogens with one attached hydrogen (secondary N) is 3. The lowest BCUT2D eigenvalue weighted by atomic mass is 9.97. The van der Waals surface area contributed by atoms with E-state index in [1.165, 1.54) is 25.1 Å². The molecule has 4 N–H and O–H groups in total. The maximum absolute atomic E-state index is 13.2. The lowest BCUT2D eigenvalue weighted by Crippen LogP contribution is -2.64. The molecule has 7 atom stereocenters. The molecular formula is C33H47N3O15. The molecule has 1 saturated heterocycles. The molecule has 0 aromatic heterocycles. The molecule has 0 spiro atoms. The molecule has 18 nitrogen and oxygen atoms in total. The summed E-state index contributed by atoms with van der Waals surface area (Å²) >= 11 is 0. The zero-order chi connectivity index (χ0) is 38.8. The molecule has 0 aliphatic carbocycles. The van der Waals surface area contributed by atoms with Crippen molar-refractivity contribution in [1.29, 1.82) is 0 Å². The molecule has 0 radical (unpaired) electrons. The molecular weight excluding hydrogens is 678 g/mol. The quantitative estimate of drug-likeness (QED) is 0.165. The van der Waals surface area contributed by atoms with E-state index in [-0.39, 0.29) is 22.9 Å². The van der Waals surface area contributed by atoms with Crippen LogP contribution < -0.4 is 20.7 Å². The predicted molar refractivity (Wildman–Crippen MR) is 175 cm³/mol. The average Bonchev–Trinajstić information content (AvgIpc) is 3.00. The summed E-state index contributed by atoms with van der Waals surface area (Å²) in [4.78, 5) is 87.4. The zero-order valence-corrected chi connectivity index (χ0v) is 30.2. The Morgan fingerprint density at radius 2 is 1.39 bits per heavy atom. The molecule has 0 saturated carbocycles. The molecule has 1 heterocycles. The second-order valence-electron chi connectivity index (χ2n) is 12.9. The number of benzene rings is 1. The fourth-order valence-corrected chi connectivity index (χ4v) is 4.79. The Bertz CT molecular complexity index is 1460. The van der Waals surface area contributed by atoms with Gasteiger partial charge in [0.1, 0.15) is 23.4 Å². The Kier molecular flexibility index (Phi) is 15.2. The first-order valence-electron chi connectivity index (χ1n) is 15.9. The molecule has 284 valence electrons. The van der Waals surface area contributed by atoms with Crippen LogP contribution in [0.3, 0.4) is 0 Å². The van der Waals surface area contributed by atoms with Crippen LogP contribution in [0.25, 0.3) is 0 Å². The van der Waals surface area contributed by atoms with Crippen molar-refractivity contribution >= 4 is 47.5 Å². The largest absolute Gasteiger partial charge is 0.467 e. The molecule has 51 heavy (non-hydrogen) atoms. The minimum Gasteiger partial charge on any atom is -0.467 e. The van der Waals surface area contributed by atoms with Crippen LogP contribution >= 0.6 is 0 Å².